The zero-order valence-electron chi connectivity index (χ0n) is 10.3. The molecule has 1 fully saturated rings. The van der Waals surface area contributed by atoms with Gasteiger partial charge in [-0.25, -0.2) is 0 Å². The van der Waals surface area contributed by atoms with Crippen LogP contribution in [0.25, 0.3) is 0 Å². The van der Waals surface area contributed by atoms with Crippen molar-refractivity contribution in [2.45, 2.75) is 38.6 Å². The lowest BCUT2D eigenvalue weighted by molar-refractivity contribution is 0.140. The van der Waals surface area contributed by atoms with Crippen LogP contribution in [0.15, 0.2) is 0 Å². The molecule has 1 aliphatic carbocycles. The molecule has 1 N–H and O–H groups in total. The van der Waals surface area contributed by atoms with Gasteiger partial charge >= 0.3 is 0 Å². The quantitative estimate of drug-likeness (QED) is 0.558. The predicted octanol–water partition coefficient (Wildman–Crippen LogP) is 1.49. The van der Waals surface area contributed by atoms with Gasteiger partial charge in [-0.15, -0.1) is 0 Å². The lowest BCUT2D eigenvalue weighted by Gasteiger charge is -2.16. The molecule has 1 saturated carbocycles. The van der Waals surface area contributed by atoms with E-state index in [9.17, 15) is 0 Å². The van der Waals surface area contributed by atoms with Gasteiger partial charge in [0.15, 0.2) is 0 Å². The number of ether oxygens (including phenoxy) is 1. The molecule has 0 aromatic heterocycles. The molecule has 0 atom stereocenters. The summed E-state index contributed by atoms with van der Waals surface area (Å²) in [6.07, 6.45) is 5.21. The molecule has 0 aromatic carbocycles. The Morgan fingerprint density at radius 1 is 1.27 bits per heavy atom. The number of likely N-dealkylation sites (N-methyl/N-ethyl adjacent to an activating group) is 1. The van der Waals surface area contributed by atoms with Crippen LogP contribution in [0, 0.1) is 0 Å². The largest absolute Gasteiger partial charge is 0.382 e. The molecule has 0 unspecified atom stereocenters. The Labute approximate surface area is 94.2 Å². The van der Waals surface area contributed by atoms with Crippen molar-refractivity contribution in [3.05, 3.63) is 0 Å². The van der Waals surface area contributed by atoms with Gasteiger partial charge in [0.05, 0.1) is 0 Å². The first kappa shape index (κ1) is 12.9. The molecule has 3 heteroatoms. The average molecular weight is 214 g/mol. The van der Waals surface area contributed by atoms with Crippen LogP contribution in [0.1, 0.15) is 32.6 Å². The standard InChI is InChI=1S/C12H26N2O/c1-3-15-11-5-4-9-14(2)10-8-13-12-6-7-12/h12-13H,3-11H2,1-2H3. The van der Waals surface area contributed by atoms with Crippen LogP contribution >= 0.6 is 0 Å². The third-order valence-electron chi connectivity index (χ3n) is 2.79. The normalized spacial score (nSPS) is 16.2. The number of hydrogen-bond donors (Lipinski definition) is 1. The molecule has 0 spiro atoms. The van der Waals surface area contributed by atoms with Gasteiger partial charge in [0.2, 0.25) is 0 Å². The van der Waals surface area contributed by atoms with Gasteiger partial charge in [0, 0.05) is 32.3 Å². The molecule has 90 valence electrons. The number of hydrogen-bond acceptors (Lipinski definition) is 3. The van der Waals surface area contributed by atoms with Crippen molar-refractivity contribution in [1.29, 1.82) is 0 Å². The van der Waals surface area contributed by atoms with Crippen LogP contribution in [0.3, 0.4) is 0 Å². The minimum absolute atomic E-state index is 0.844. The average Bonchev–Trinajstić information content (AvgIpc) is 3.01. The Balaban J connectivity index is 1.77. The Morgan fingerprint density at radius 3 is 2.73 bits per heavy atom. The smallest absolute Gasteiger partial charge is 0.0466 e. The minimum atomic E-state index is 0.844. The highest BCUT2D eigenvalue weighted by atomic mass is 16.5. The Hall–Kier alpha value is -0.120. The lowest BCUT2D eigenvalue weighted by Crippen LogP contribution is -2.31. The fraction of sp³-hybridized carbons (Fsp3) is 1.00. The van der Waals surface area contributed by atoms with Gasteiger partial charge in [-0.05, 0) is 46.2 Å². The van der Waals surface area contributed by atoms with E-state index in [0.29, 0.717) is 0 Å². The zero-order valence-corrected chi connectivity index (χ0v) is 10.3. The maximum atomic E-state index is 5.31. The van der Waals surface area contributed by atoms with Crippen LogP contribution in [0.2, 0.25) is 0 Å². The predicted molar refractivity (Wildman–Crippen MR) is 64.2 cm³/mol. The summed E-state index contributed by atoms with van der Waals surface area (Å²) < 4.78 is 5.31. The van der Waals surface area contributed by atoms with E-state index in [-0.39, 0.29) is 0 Å². The van der Waals surface area contributed by atoms with Crippen molar-refractivity contribution in [2.75, 3.05) is 39.9 Å². The molecule has 0 saturated heterocycles. The second-order valence-corrected chi connectivity index (χ2v) is 4.44. The summed E-state index contributed by atoms with van der Waals surface area (Å²) in [4.78, 5) is 2.40. The van der Waals surface area contributed by atoms with E-state index < -0.39 is 0 Å². The fourth-order valence-corrected chi connectivity index (χ4v) is 1.59. The minimum Gasteiger partial charge on any atom is -0.382 e. The number of rotatable bonds is 10. The van der Waals surface area contributed by atoms with E-state index in [1.54, 1.807) is 0 Å². The van der Waals surface area contributed by atoms with Gasteiger partial charge in [-0.2, -0.15) is 0 Å². The SMILES string of the molecule is CCOCCCCN(C)CCNC1CC1. The van der Waals surface area contributed by atoms with Crippen LogP contribution in [0.4, 0.5) is 0 Å². The summed E-state index contributed by atoms with van der Waals surface area (Å²) in [5, 5.41) is 3.53. The summed E-state index contributed by atoms with van der Waals surface area (Å²) in [5.41, 5.74) is 0. The molecule has 3 nitrogen and oxygen atoms in total. The summed E-state index contributed by atoms with van der Waals surface area (Å²) >= 11 is 0. The maximum absolute atomic E-state index is 5.31. The first-order valence-electron chi connectivity index (χ1n) is 6.32. The Morgan fingerprint density at radius 2 is 2.07 bits per heavy atom. The highest BCUT2D eigenvalue weighted by Crippen LogP contribution is 2.17. The van der Waals surface area contributed by atoms with E-state index in [2.05, 4.69) is 24.2 Å². The van der Waals surface area contributed by atoms with Crippen molar-refractivity contribution < 1.29 is 4.74 Å². The molecule has 0 radical (unpaired) electrons. The third-order valence-corrected chi connectivity index (χ3v) is 2.79. The van der Waals surface area contributed by atoms with E-state index in [4.69, 9.17) is 4.74 Å². The monoisotopic (exact) mass is 214 g/mol. The Bertz CT molecular complexity index is 149. The molecular weight excluding hydrogens is 188 g/mol. The van der Waals surface area contributed by atoms with Crippen LogP contribution in [-0.2, 0) is 4.74 Å². The van der Waals surface area contributed by atoms with Gasteiger partial charge in [0.1, 0.15) is 0 Å². The number of nitrogens with one attached hydrogen (secondary N) is 1. The first-order valence-corrected chi connectivity index (χ1v) is 6.32. The zero-order chi connectivity index (χ0) is 10.9. The van der Waals surface area contributed by atoms with Gasteiger partial charge < -0.3 is 15.0 Å². The van der Waals surface area contributed by atoms with Crippen molar-refractivity contribution in [1.82, 2.24) is 10.2 Å². The second kappa shape index (κ2) is 8.08. The molecule has 0 aromatic rings. The molecular formula is C12H26N2O. The van der Waals surface area contributed by atoms with Crippen molar-refractivity contribution in [3.8, 4) is 0 Å². The van der Waals surface area contributed by atoms with E-state index in [1.807, 2.05) is 0 Å². The third kappa shape index (κ3) is 7.77. The molecule has 0 heterocycles. The first-order chi connectivity index (χ1) is 7.33. The highest BCUT2D eigenvalue weighted by molar-refractivity contribution is 4.80. The van der Waals surface area contributed by atoms with Crippen molar-refractivity contribution in [3.63, 3.8) is 0 Å². The fourth-order valence-electron chi connectivity index (χ4n) is 1.59. The van der Waals surface area contributed by atoms with Crippen LogP contribution in [-0.4, -0.2) is 50.8 Å². The van der Waals surface area contributed by atoms with Gasteiger partial charge in [-0.3, -0.25) is 0 Å². The molecule has 1 rings (SSSR count). The summed E-state index contributed by atoms with van der Waals surface area (Å²) in [6, 6.07) is 0.844. The molecule has 15 heavy (non-hydrogen) atoms. The van der Waals surface area contributed by atoms with Crippen LogP contribution < -0.4 is 5.32 Å². The second-order valence-electron chi connectivity index (χ2n) is 4.44. The molecule has 1 aliphatic rings. The molecule has 0 amide bonds. The summed E-state index contributed by atoms with van der Waals surface area (Å²) in [6.45, 7) is 7.33. The van der Waals surface area contributed by atoms with Crippen LogP contribution in [0.5, 0.6) is 0 Å². The number of unbranched alkanes of at least 4 members (excludes halogenated alkanes) is 1. The van der Waals surface area contributed by atoms with Gasteiger partial charge in [0.25, 0.3) is 0 Å². The molecule has 0 aliphatic heterocycles. The van der Waals surface area contributed by atoms with E-state index in [1.165, 1.54) is 38.8 Å². The van der Waals surface area contributed by atoms with E-state index >= 15 is 0 Å². The highest BCUT2D eigenvalue weighted by Gasteiger charge is 2.19. The van der Waals surface area contributed by atoms with Crippen molar-refractivity contribution >= 4 is 0 Å². The maximum Gasteiger partial charge on any atom is 0.0466 e. The van der Waals surface area contributed by atoms with Gasteiger partial charge in [-0.1, -0.05) is 0 Å². The Kier molecular flexibility index (Phi) is 6.98. The topological polar surface area (TPSA) is 24.5 Å². The number of nitrogens with zero attached hydrogens (tertiary/aromatic N) is 1. The van der Waals surface area contributed by atoms with E-state index in [0.717, 1.165) is 25.8 Å². The van der Waals surface area contributed by atoms with Crippen molar-refractivity contribution in [2.24, 2.45) is 0 Å². The summed E-state index contributed by atoms with van der Waals surface area (Å²) in [7, 11) is 2.20. The molecule has 0 bridgehead atoms. The summed E-state index contributed by atoms with van der Waals surface area (Å²) in [5.74, 6) is 0. The lowest BCUT2D eigenvalue weighted by atomic mass is 10.3.